The first-order chi connectivity index (χ1) is 14.0. The number of ether oxygens (including phenoxy) is 1. The molecule has 1 fully saturated rings. The summed E-state index contributed by atoms with van der Waals surface area (Å²) in [6, 6.07) is 10.3. The number of benzene rings is 2. The average molecular weight is 402 g/mol. The second-order valence-electron chi connectivity index (χ2n) is 7.19. The lowest BCUT2D eigenvalue weighted by molar-refractivity contribution is 0.122. The van der Waals surface area contributed by atoms with Crippen molar-refractivity contribution in [2.75, 3.05) is 38.3 Å². The molecule has 0 spiro atoms. The Hall–Kier alpha value is -2.67. The second-order valence-corrected chi connectivity index (χ2v) is 7.19. The summed E-state index contributed by atoms with van der Waals surface area (Å²) < 4.78 is 33.7. The maximum absolute atomic E-state index is 14.6. The van der Waals surface area contributed by atoms with Gasteiger partial charge in [-0.15, -0.1) is 0 Å². The zero-order chi connectivity index (χ0) is 20.8. The second kappa shape index (κ2) is 9.69. The van der Waals surface area contributed by atoms with Crippen LogP contribution in [0.2, 0.25) is 0 Å². The smallest absolute Gasteiger partial charge is 0.191 e. The molecule has 1 atom stereocenters. The van der Waals surface area contributed by atoms with Crippen LogP contribution in [0, 0.1) is 18.6 Å². The number of nitrogens with one attached hydrogen (secondary N) is 2. The summed E-state index contributed by atoms with van der Waals surface area (Å²) in [5.74, 6) is 0.101. The van der Waals surface area contributed by atoms with Gasteiger partial charge < -0.3 is 20.3 Å². The quantitative estimate of drug-likeness (QED) is 0.593. The predicted octanol–water partition coefficient (Wildman–Crippen LogP) is 3.54. The summed E-state index contributed by atoms with van der Waals surface area (Å²) >= 11 is 0. The molecule has 0 aliphatic carbocycles. The van der Waals surface area contributed by atoms with Crippen molar-refractivity contribution in [1.29, 1.82) is 0 Å². The molecule has 1 saturated heterocycles. The topological polar surface area (TPSA) is 48.9 Å². The maximum atomic E-state index is 14.6. The fourth-order valence-electron chi connectivity index (χ4n) is 3.27. The fraction of sp³-hybridized carbons (Fsp3) is 0.409. The Morgan fingerprint density at radius 1 is 1.14 bits per heavy atom. The number of hydrogen-bond donors (Lipinski definition) is 2. The molecule has 0 radical (unpaired) electrons. The van der Waals surface area contributed by atoms with E-state index in [1.807, 2.05) is 30.0 Å². The number of anilines is 1. The van der Waals surface area contributed by atoms with E-state index >= 15 is 0 Å². The molecule has 156 valence electrons. The van der Waals surface area contributed by atoms with Crippen molar-refractivity contribution >= 4 is 11.6 Å². The molecule has 1 aliphatic rings. The number of guanidine groups is 1. The van der Waals surface area contributed by atoms with Crippen molar-refractivity contribution in [1.82, 2.24) is 10.6 Å². The first-order valence-electron chi connectivity index (χ1n) is 9.82. The van der Waals surface area contributed by atoms with Crippen molar-refractivity contribution in [2.24, 2.45) is 4.99 Å². The van der Waals surface area contributed by atoms with Crippen LogP contribution in [0.4, 0.5) is 14.5 Å². The van der Waals surface area contributed by atoms with E-state index in [-0.39, 0.29) is 17.7 Å². The first-order valence-corrected chi connectivity index (χ1v) is 9.82. The third kappa shape index (κ3) is 5.44. The van der Waals surface area contributed by atoms with E-state index in [0.717, 1.165) is 11.1 Å². The van der Waals surface area contributed by atoms with Crippen LogP contribution in [0.5, 0.6) is 0 Å². The van der Waals surface area contributed by atoms with E-state index in [1.54, 1.807) is 26.1 Å². The minimum Gasteiger partial charge on any atom is -0.378 e. The number of aliphatic imine (C=N–C) groups is 1. The van der Waals surface area contributed by atoms with Gasteiger partial charge in [-0.3, -0.25) is 4.99 Å². The Balaban J connectivity index is 1.58. The molecule has 0 aromatic heterocycles. The van der Waals surface area contributed by atoms with Crippen molar-refractivity contribution < 1.29 is 13.5 Å². The molecule has 2 aromatic carbocycles. The van der Waals surface area contributed by atoms with E-state index in [4.69, 9.17) is 4.74 Å². The van der Waals surface area contributed by atoms with E-state index in [9.17, 15) is 8.78 Å². The highest BCUT2D eigenvalue weighted by Gasteiger charge is 2.15. The minimum absolute atomic E-state index is 0.128. The summed E-state index contributed by atoms with van der Waals surface area (Å²) in [6.07, 6.45) is 0. The van der Waals surface area contributed by atoms with Gasteiger partial charge in [0.2, 0.25) is 0 Å². The molecule has 0 bridgehead atoms. The van der Waals surface area contributed by atoms with Crippen LogP contribution in [0.25, 0.3) is 0 Å². The number of hydrogen-bond acceptors (Lipinski definition) is 3. The van der Waals surface area contributed by atoms with E-state index in [0.29, 0.717) is 50.1 Å². The van der Waals surface area contributed by atoms with E-state index in [1.165, 1.54) is 6.07 Å². The molecule has 5 nitrogen and oxygen atoms in total. The number of halogens is 2. The molecule has 1 heterocycles. The highest BCUT2D eigenvalue weighted by molar-refractivity contribution is 5.80. The molecule has 3 rings (SSSR count). The van der Waals surface area contributed by atoms with Crippen LogP contribution in [0.3, 0.4) is 0 Å². The summed E-state index contributed by atoms with van der Waals surface area (Å²) in [5, 5.41) is 6.42. The van der Waals surface area contributed by atoms with Gasteiger partial charge in [0, 0.05) is 26.7 Å². The van der Waals surface area contributed by atoms with Crippen LogP contribution < -0.4 is 15.5 Å². The van der Waals surface area contributed by atoms with Gasteiger partial charge >= 0.3 is 0 Å². The van der Waals surface area contributed by atoms with Gasteiger partial charge in [0.05, 0.1) is 24.9 Å². The molecule has 0 saturated carbocycles. The summed E-state index contributed by atoms with van der Waals surface area (Å²) in [4.78, 5) is 6.21. The zero-order valence-electron chi connectivity index (χ0n) is 17.1. The van der Waals surface area contributed by atoms with E-state index in [2.05, 4.69) is 15.6 Å². The lowest BCUT2D eigenvalue weighted by Gasteiger charge is -2.29. The molecular weight excluding hydrogens is 374 g/mol. The van der Waals surface area contributed by atoms with Gasteiger partial charge in [-0.25, -0.2) is 8.78 Å². The van der Waals surface area contributed by atoms with Crippen molar-refractivity contribution in [3.63, 3.8) is 0 Å². The molecule has 1 unspecified atom stereocenters. The van der Waals surface area contributed by atoms with Crippen LogP contribution >= 0.6 is 0 Å². The predicted molar refractivity (Wildman–Crippen MR) is 112 cm³/mol. The molecule has 2 N–H and O–H groups in total. The Morgan fingerprint density at radius 2 is 1.90 bits per heavy atom. The molecule has 0 amide bonds. The Kier molecular flexibility index (Phi) is 7.04. The Labute approximate surface area is 170 Å². The highest BCUT2D eigenvalue weighted by Crippen LogP contribution is 2.21. The van der Waals surface area contributed by atoms with E-state index < -0.39 is 0 Å². The molecule has 29 heavy (non-hydrogen) atoms. The minimum atomic E-state index is -0.238. The number of nitrogens with zero attached hydrogens (tertiary/aromatic N) is 2. The highest BCUT2D eigenvalue weighted by atomic mass is 19.1. The van der Waals surface area contributed by atoms with Crippen molar-refractivity contribution in [2.45, 2.75) is 26.4 Å². The average Bonchev–Trinajstić information content (AvgIpc) is 2.73. The standard InChI is InChI=1S/C22H28F2N4O/c1-15-4-6-18(13-19(15)23)16(2)27-22(25-3)26-14-17-5-7-21(20(24)12-17)28-8-10-29-11-9-28/h4-7,12-13,16H,8-11,14H2,1-3H3,(H2,25,26,27). The summed E-state index contributed by atoms with van der Waals surface area (Å²) in [5.41, 5.74) is 2.87. The molecule has 2 aromatic rings. The van der Waals surface area contributed by atoms with Gasteiger partial charge in [0.15, 0.2) is 5.96 Å². The molecular formula is C22H28F2N4O. The number of morpholine rings is 1. The van der Waals surface area contributed by atoms with Gasteiger partial charge in [-0.1, -0.05) is 18.2 Å². The van der Waals surface area contributed by atoms with Crippen LogP contribution in [-0.2, 0) is 11.3 Å². The fourth-order valence-corrected chi connectivity index (χ4v) is 3.27. The van der Waals surface area contributed by atoms with Crippen LogP contribution in [-0.4, -0.2) is 39.3 Å². The zero-order valence-corrected chi connectivity index (χ0v) is 17.1. The van der Waals surface area contributed by atoms with Crippen molar-refractivity contribution in [3.05, 3.63) is 64.7 Å². The van der Waals surface area contributed by atoms with Crippen LogP contribution in [0.15, 0.2) is 41.4 Å². The lowest BCUT2D eigenvalue weighted by Crippen LogP contribution is -2.38. The number of aryl methyl sites for hydroxylation is 1. The monoisotopic (exact) mass is 402 g/mol. The Bertz CT molecular complexity index is 866. The summed E-state index contributed by atoms with van der Waals surface area (Å²) in [7, 11) is 1.67. The molecule has 1 aliphatic heterocycles. The SMILES string of the molecule is CN=C(NCc1ccc(N2CCOCC2)c(F)c1)NC(C)c1ccc(C)c(F)c1. The van der Waals surface area contributed by atoms with Gasteiger partial charge in [0.25, 0.3) is 0 Å². The first kappa shape index (κ1) is 21.0. The number of rotatable bonds is 5. The lowest BCUT2D eigenvalue weighted by atomic mass is 10.1. The van der Waals surface area contributed by atoms with Gasteiger partial charge in [0.1, 0.15) is 11.6 Å². The third-order valence-electron chi connectivity index (χ3n) is 5.10. The van der Waals surface area contributed by atoms with Gasteiger partial charge in [-0.2, -0.15) is 0 Å². The Morgan fingerprint density at radius 3 is 2.55 bits per heavy atom. The molecule has 7 heteroatoms. The van der Waals surface area contributed by atoms with Crippen LogP contribution in [0.1, 0.15) is 29.7 Å². The van der Waals surface area contributed by atoms with Crippen molar-refractivity contribution in [3.8, 4) is 0 Å². The normalized spacial score (nSPS) is 15.9. The maximum Gasteiger partial charge on any atom is 0.191 e. The third-order valence-corrected chi connectivity index (χ3v) is 5.10. The summed E-state index contributed by atoms with van der Waals surface area (Å²) in [6.45, 7) is 6.73. The van der Waals surface area contributed by atoms with Gasteiger partial charge in [-0.05, 0) is 48.7 Å². The largest absolute Gasteiger partial charge is 0.378 e.